The molecule has 2 nitrogen and oxygen atoms in total. The van der Waals surface area contributed by atoms with E-state index in [1.54, 1.807) is 0 Å². The summed E-state index contributed by atoms with van der Waals surface area (Å²) in [5.74, 6) is 0.712. The van der Waals surface area contributed by atoms with E-state index in [4.69, 9.17) is 9.97 Å². The van der Waals surface area contributed by atoms with Crippen molar-refractivity contribution in [1.29, 1.82) is 0 Å². The molecule has 0 bridgehead atoms. The molecular formula is C52H38N2. The highest BCUT2D eigenvalue weighted by molar-refractivity contribution is 6.05. The first-order chi connectivity index (χ1) is 26.5. The number of hydrogen-bond donors (Lipinski definition) is 0. The first-order valence-corrected chi connectivity index (χ1v) is 18.8. The first kappa shape index (κ1) is 32.0. The summed E-state index contributed by atoms with van der Waals surface area (Å²) in [5, 5.41) is 2.37. The first-order valence-electron chi connectivity index (χ1n) is 18.8. The van der Waals surface area contributed by atoms with Crippen molar-refractivity contribution in [3.8, 4) is 56.2 Å². The fraction of sp³-hybridized carbons (Fsp3) is 0.0769. The smallest absolute Gasteiger partial charge is 0.160 e. The molecule has 0 unspecified atom stereocenters. The molecule has 54 heavy (non-hydrogen) atoms. The maximum absolute atomic E-state index is 5.31. The van der Waals surface area contributed by atoms with E-state index in [0.717, 1.165) is 34.5 Å². The molecule has 10 rings (SSSR count). The topological polar surface area (TPSA) is 25.8 Å². The molecular weight excluding hydrogens is 653 g/mol. The van der Waals surface area contributed by atoms with Gasteiger partial charge in [0.2, 0.25) is 0 Å². The van der Waals surface area contributed by atoms with Crippen molar-refractivity contribution in [2.75, 3.05) is 0 Å². The second-order valence-electron chi connectivity index (χ2n) is 14.9. The molecule has 0 atom stereocenters. The normalized spacial score (nSPS) is 13.9. The number of allylic oxidation sites excluding steroid dienone is 2. The summed E-state index contributed by atoms with van der Waals surface area (Å²) in [5.41, 5.74) is 17.6. The third-order valence-corrected chi connectivity index (χ3v) is 11.3. The van der Waals surface area contributed by atoms with Crippen molar-refractivity contribution < 1.29 is 0 Å². The van der Waals surface area contributed by atoms with Crippen LogP contribution in [0.4, 0.5) is 0 Å². The molecule has 1 aromatic heterocycles. The second kappa shape index (κ2) is 12.8. The second-order valence-corrected chi connectivity index (χ2v) is 14.9. The van der Waals surface area contributed by atoms with Gasteiger partial charge in [0.25, 0.3) is 0 Å². The van der Waals surface area contributed by atoms with Crippen LogP contribution in [0.1, 0.15) is 48.1 Å². The van der Waals surface area contributed by atoms with Crippen molar-refractivity contribution in [3.63, 3.8) is 0 Å². The Morgan fingerprint density at radius 2 is 1.07 bits per heavy atom. The van der Waals surface area contributed by atoms with Crippen molar-refractivity contribution in [1.82, 2.24) is 9.97 Å². The van der Waals surface area contributed by atoms with Crippen molar-refractivity contribution in [2.24, 2.45) is 0 Å². The Bertz CT molecular complexity index is 2810. The average Bonchev–Trinajstić information content (AvgIpc) is 3.33. The maximum atomic E-state index is 5.31. The molecule has 0 saturated heterocycles. The molecule has 0 aliphatic heterocycles. The van der Waals surface area contributed by atoms with Gasteiger partial charge in [-0.15, -0.1) is 0 Å². The van der Waals surface area contributed by atoms with Gasteiger partial charge >= 0.3 is 0 Å². The van der Waals surface area contributed by atoms with Gasteiger partial charge in [0, 0.05) is 22.1 Å². The molecule has 0 amide bonds. The van der Waals surface area contributed by atoms with Gasteiger partial charge in [-0.1, -0.05) is 184 Å². The summed E-state index contributed by atoms with van der Waals surface area (Å²) in [6.45, 7) is 4.69. The standard InChI is InChI=1S/C52H38N2/c1-52(2)46-27-14-13-25-42(46)43-29-28-37(32-47(43)52)38-30-31-44(41-24-12-11-23-40(38)41)48-33-49(54-51(53-48)36-19-7-4-8-20-36)45-26-15-21-35-18-9-10-22-39(50(35)45)34-16-5-3-6-17-34/h3-9,11-33H,10H2,1-2H3. The Kier molecular flexibility index (Phi) is 7.59. The fourth-order valence-corrected chi connectivity index (χ4v) is 8.67. The lowest BCUT2D eigenvalue weighted by Crippen LogP contribution is -2.14. The van der Waals surface area contributed by atoms with Gasteiger partial charge < -0.3 is 0 Å². The highest BCUT2D eigenvalue weighted by Gasteiger charge is 2.35. The third kappa shape index (κ3) is 5.25. The summed E-state index contributed by atoms with van der Waals surface area (Å²) in [4.78, 5) is 10.6. The Balaban J connectivity index is 1.16. The van der Waals surface area contributed by atoms with Gasteiger partial charge in [0.1, 0.15) is 0 Å². The quantitative estimate of drug-likeness (QED) is 0.180. The van der Waals surface area contributed by atoms with Crippen LogP contribution in [-0.2, 0) is 5.41 Å². The number of aromatic nitrogens is 2. The van der Waals surface area contributed by atoms with Crippen molar-refractivity contribution in [3.05, 3.63) is 204 Å². The Morgan fingerprint density at radius 3 is 1.87 bits per heavy atom. The largest absolute Gasteiger partial charge is 0.228 e. The molecule has 0 radical (unpaired) electrons. The summed E-state index contributed by atoms with van der Waals surface area (Å²) in [7, 11) is 0. The molecule has 2 aliphatic rings. The van der Waals surface area contributed by atoms with Gasteiger partial charge in [0.05, 0.1) is 11.4 Å². The molecule has 0 N–H and O–H groups in total. The van der Waals surface area contributed by atoms with Crippen LogP contribution in [0.5, 0.6) is 0 Å². The Morgan fingerprint density at radius 1 is 0.463 bits per heavy atom. The number of hydrogen-bond acceptors (Lipinski definition) is 2. The zero-order chi connectivity index (χ0) is 36.2. The van der Waals surface area contributed by atoms with E-state index in [2.05, 4.69) is 190 Å². The van der Waals surface area contributed by atoms with Gasteiger partial charge in [-0.25, -0.2) is 9.97 Å². The van der Waals surface area contributed by atoms with Crippen molar-refractivity contribution in [2.45, 2.75) is 25.7 Å². The predicted molar refractivity (Wildman–Crippen MR) is 226 cm³/mol. The Hall–Kier alpha value is -6.64. The predicted octanol–water partition coefficient (Wildman–Crippen LogP) is 13.5. The van der Waals surface area contributed by atoms with E-state index >= 15 is 0 Å². The van der Waals surface area contributed by atoms with Crippen LogP contribution in [0.3, 0.4) is 0 Å². The van der Waals surface area contributed by atoms with Crippen molar-refractivity contribution >= 4 is 22.4 Å². The van der Waals surface area contributed by atoms with E-state index in [1.165, 1.54) is 66.4 Å². The minimum absolute atomic E-state index is 0.0656. The summed E-state index contributed by atoms with van der Waals surface area (Å²) >= 11 is 0. The number of fused-ring (bicyclic) bond motifs is 5. The Labute approximate surface area is 316 Å². The zero-order valence-corrected chi connectivity index (χ0v) is 30.4. The lowest BCUT2D eigenvalue weighted by Gasteiger charge is -2.22. The lowest BCUT2D eigenvalue weighted by molar-refractivity contribution is 0.660. The molecule has 8 aromatic rings. The van der Waals surface area contributed by atoms with Crippen LogP contribution in [0.25, 0.3) is 78.6 Å². The monoisotopic (exact) mass is 690 g/mol. The van der Waals surface area contributed by atoms with Gasteiger partial charge in [-0.05, 0) is 85.0 Å². The molecule has 0 fully saturated rings. The summed E-state index contributed by atoms with van der Waals surface area (Å²) in [6.07, 6.45) is 7.70. The van der Waals surface area contributed by atoms with Crippen LogP contribution in [-0.4, -0.2) is 9.97 Å². The zero-order valence-electron chi connectivity index (χ0n) is 30.4. The highest BCUT2D eigenvalue weighted by Crippen LogP contribution is 2.50. The highest BCUT2D eigenvalue weighted by atomic mass is 14.9. The number of nitrogens with zero attached hydrogens (tertiary/aromatic N) is 2. The van der Waals surface area contributed by atoms with Crippen LogP contribution < -0.4 is 0 Å². The minimum atomic E-state index is -0.0656. The maximum Gasteiger partial charge on any atom is 0.160 e. The SMILES string of the molecule is CC1(C)c2ccccc2-c2ccc(-c3ccc(-c4cc(-c5cccc6c5C(c5ccccc5)=CCC=C6)nc(-c5ccccc5)n4)c4ccccc34)cc21. The molecule has 256 valence electrons. The van der Waals surface area contributed by atoms with Crippen LogP contribution >= 0.6 is 0 Å². The molecule has 7 aromatic carbocycles. The van der Waals surface area contributed by atoms with E-state index in [0.29, 0.717) is 5.82 Å². The third-order valence-electron chi connectivity index (χ3n) is 11.3. The molecule has 0 spiro atoms. The lowest BCUT2D eigenvalue weighted by atomic mass is 9.81. The number of benzene rings is 7. The van der Waals surface area contributed by atoms with Crippen LogP contribution in [0.15, 0.2) is 176 Å². The summed E-state index contributed by atoms with van der Waals surface area (Å²) in [6, 6.07) is 59.0. The van der Waals surface area contributed by atoms with Crippen LogP contribution in [0, 0.1) is 0 Å². The molecule has 1 heterocycles. The average molecular weight is 691 g/mol. The fourth-order valence-electron chi connectivity index (χ4n) is 8.67. The van der Waals surface area contributed by atoms with E-state index < -0.39 is 0 Å². The van der Waals surface area contributed by atoms with Gasteiger partial charge in [-0.2, -0.15) is 0 Å². The molecule has 2 heteroatoms. The van der Waals surface area contributed by atoms with E-state index in [9.17, 15) is 0 Å². The van der Waals surface area contributed by atoms with Crippen LogP contribution in [0.2, 0.25) is 0 Å². The molecule has 2 aliphatic carbocycles. The van der Waals surface area contributed by atoms with Gasteiger partial charge in [-0.3, -0.25) is 0 Å². The minimum Gasteiger partial charge on any atom is -0.228 e. The number of rotatable bonds is 5. The van der Waals surface area contributed by atoms with E-state index in [1.807, 2.05) is 6.07 Å². The summed E-state index contributed by atoms with van der Waals surface area (Å²) < 4.78 is 0. The van der Waals surface area contributed by atoms with Gasteiger partial charge in [0.15, 0.2) is 5.82 Å². The molecule has 0 saturated carbocycles. The van der Waals surface area contributed by atoms with E-state index in [-0.39, 0.29) is 5.41 Å².